The van der Waals surface area contributed by atoms with Gasteiger partial charge in [-0.15, -0.1) is 15.3 Å². The largest absolute Gasteiger partial charge is 0.371 e. The van der Waals surface area contributed by atoms with E-state index in [0.717, 1.165) is 17.3 Å². The molecule has 1 aliphatic carbocycles. The van der Waals surface area contributed by atoms with E-state index in [4.69, 9.17) is 0 Å². The Morgan fingerprint density at radius 1 is 1.16 bits per heavy atom. The van der Waals surface area contributed by atoms with Gasteiger partial charge in [-0.25, -0.2) is 14.6 Å². The van der Waals surface area contributed by atoms with E-state index in [2.05, 4.69) is 59.9 Å². The normalized spacial score (nSPS) is 17.3. The first kappa shape index (κ1) is 18.9. The average Bonchev–Trinajstić information content (AvgIpc) is 3.41. The van der Waals surface area contributed by atoms with Gasteiger partial charge in [0.15, 0.2) is 11.6 Å². The maximum Gasteiger partial charge on any atom is 0.228 e. The number of hydrogen-bond acceptors (Lipinski definition) is 8. The topological polar surface area (TPSA) is 123 Å². The Labute approximate surface area is 177 Å². The van der Waals surface area contributed by atoms with Crippen molar-refractivity contribution < 1.29 is 4.79 Å². The first-order valence-electron chi connectivity index (χ1n) is 9.86. The van der Waals surface area contributed by atoms with Crippen LogP contribution < -0.4 is 10.6 Å². The van der Waals surface area contributed by atoms with E-state index < -0.39 is 0 Å². The Morgan fingerprint density at radius 2 is 2.00 bits per heavy atom. The van der Waals surface area contributed by atoms with E-state index in [-0.39, 0.29) is 11.8 Å². The molecule has 2 atom stereocenters. The summed E-state index contributed by atoms with van der Waals surface area (Å²) in [6.45, 7) is 2.06. The molecule has 31 heavy (non-hydrogen) atoms. The number of rotatable bonds is 3. The van der Waals surface area contributed by atoms with Gasteiger partial charge in [0.05, 0.1) is 17.3 Å². The lowest BCUT2D eigenvalue weighted by Gasteiger charge is -2.08. The molecule has 0 saturated heterocycles. The second-order valence-corrected chi connectivity index (χ2v) is 7.59. The minimum absolute atomic E-state index is 0.0287. The van der Waals surface area contributed by atoms with Gasteiger partial charge in [0.25, 0.3) is 0 Å². The Kier molecular flexibility index (Phi) is 4.43. The molecule has 2 N–H and O–H groups in total. The third kappa shape index (κ3) is 3.50. The van der Waals surface area contributed by atoms with Crippen molar-refractivity contribution in [2.75, 3.05) is 17.7 Å². The zero-order chi connectivity index (χ0) is 21.5. The van der Waals surface area contributed by atoms with Crippen molar-refractivity contribution in [1.29, 1.82) is 0 Å². The fourth-order valence-corrected chi connectivity index (χ4v) is 3.42. The van der Waals surface area contributed by atoms with Crippen LogP contribution in [0.15, 0.2) is 24.5 Å². The number of nitrogens with one attached hydrogen (secondary N) is 2. The van der Waals surface area contributed by atoms with Crippen molar-refractivity contribution in [2.45, 2.75) is 13.3 Å². The van der Waals surface area contributed by atoms with E-state index in [1.54, 1.807) is 30.2 Å². The van der Waals surface area contributed by atoms with Crippen molar-refractivity contribution in [3.63, 3.8) is 0 Å². The highest BCUT2D eigenvalue weighted by atomic mass is 16.2. The minimum Gasteiger partial charge on any atom is -0.371 e. The maximum atomic E-state index is 12.3. The van der Waals surface area contributed by atoms with Crippen LogP contribution in [-0.4, -0.2) is 48.1 Å². The standard InChI is InChI=1S/C21H19N9O/c1-11-6-14(11)21(31)25-18-8-15-12(9-24-20(22-2)19(15)28-27-18)4-5-13-7-17-16(10-23-13)26-29-30(17)3/h7-11,14H,6H2,1-3H3,(H,22,24)(H,25,27,31)/t11-,14+/m1/s1. The van der Waals surface area contributed by atoms with Gasteiger partial charge in [0.1, 0.15) is 16.7 Å². The van der Waals surface area contributed by atoms with Gasteiger partial charge in [-0.1, -0.05) is 18.1 Å². The number of carbonyl (C=O) groups excluding carboxylic acids is 1. The Morgan fingerprint density at radius 3 is 2.77 bits per heavy atom. The second-order valence-electron chi connectivity index (χ2n) is 7.59. The summed E-state index contributed by atoms with van der Waals surface area (Å²) < 4.78 is 1.67. The number of amides is 1. The molecule has 0 aliphatic heterocycles. The molecule has 4 heterocycles. The van der Waals surface area contributed by atoms with Gasteiger partial charge >= 0.3 is 0 Å². The summed E-state index contributed by atoms with van der Waals surface area (Å²) in [7, 11) is 3.58. The third-order valence-corrected chi connectivity index (χ3v) is 5.39. The van der Waals surface area contributed by atoms with Gasteiger partial charge in [-0.05, 0) is 24.3 Å². The van der Waals surface area contributed by atoms with Gasteiger partial charge in [-0.3, -0.25) is 4.79 Å². The molecule has 10 heteroatoms. The van der Waals surface area contributed by atoms with Crippen LogP contribution in [0, 0.1) is 23.7 Å². The van der Waals surface area contributed by atoms with Crippen LogP contribution in [0.2, 0.25) is 0 Å². The molecule has 0 bridgehead atoms. The van der Waals surface area contributed by atoms with Gasteiger partial charge in [-0.2, -0.15) is 0 Å². The zero-order valence-corrected chi connectivity index (χ0v) is 17.2. The van der Waals surface area contributed by atoms with E-state index in [0.29, 0.717) is 39.8 Å². The van der Waals surface area contributed by atoms with Crippen molar-refractivity contribution >= 4 is 39.5 Å². The molecule has 1 aliphatic rings. The summed E-state index contributed by atoms with van der Waals surface area (Å²) in [4.78, 5) is 21.0. The number of pyridine rings is 2. The summed E-state index contributed by atoms with van der Waals surface area (Å²) >= 11 is 0. The van der Waals surface area contributed by atoms with E-state index in [1.165, 1.54) is 0 Å². The highest BCUT2D eigenvalue weighted by Gasteiger charge is 2.39. The Bertz CT molecular complexity index is 1400. The summed E-state index contributed by atoms with van der Waals surface area (Å²) in [5.41, 5.74) is 3.37. The number of nitrogens with zero attached hydrogens (tertiary/aromatic N) is 7. The number of carbonyl (C=O) groups is 1. The smallest absolute Gasteiger partial charge is 0.228 e. The van der Waals surface area contributed by atoms with Crippen LogP contribution in [0.1, 0.15) is 24.6 Å². The van der Waals surface area contributed by atoms with Crippen LogP contribution >= 0.6 is 0 Å². The highest BCUT2D eigenvalue weighted by molar-refractivity contribution is 5.97. The van der Waals surface area contributed by atoms with Crippen LogP contribution in [0.5, 0.6) is 0 Å². The van der Waals surface area contributed by atoms with Crippen molar-refractivity contribution in [1.82, 2.24) is 35.2 Å². The molecule has 0 aromatic carbocycles. The van der Waals surface area contributed by atoms with Gasteiger partial charge in [0, 0.05) is 37.7 Å². The monoisotopic (exact) mass is 413 g/mol. The molecule has 4 aromatic rings. The second kappa shape index (κ2) is 7.28. The molecule has 5 rings (SSSR count). The minimum atomic E-state index is -0.0287. The van der Waals surface area contributed by atoms with Crippen LogP contribution in [0.3, 0.4) is 0 Å². The van der Waals surface area contributed by atoms with E-state index >= 15 is 0 Å². The van der Waals surface area contributed by atoms with E-state index in [9.17, 15) is 4.79 Å². The molecule has 1 saturated carbocycles. The molecule has 10 nitrogen and oxygen atoms in total. The zero-order valence-electron chi connectivity index (χ0n) is 17.2. The highest BCUT2D eigenvalue weighted by Crippen LogP contribution is 2.38. The molecule has 1 fully saturated rings. The van der Waals surface area contributed by atoms with Crippen molar-refractivity contribution in [2.24, 2.45) is 18.9 Å². The SMILES string of the molecule is CNc1ncc(C#Cc2cc3c(cn2)nnn3C)c2cc(NC(=O)[C@H]3C[C@H]3C)nnc12. The molecule has 0 spiro atoms. The van der Waals surface area contributed by atoms with Crippen LogP contribution in [0.4, 0.5) is 11.6 Å². The molecule has 0 radical (unpaired) electrons. The lowest BCUT2D eigenvalue weighted by molar-refractivity contribution is -0.117. The quantitative estimate of drug-likeness (QED) is 0.487. The summed E-state index contributed by atoms with van der Waals surface area (Å²) in [6.07, 6.45) is 4.22. The van der Waals surface area contributed by atoms with Crippen molar-refractivity contribution in [3.8, 4) is 11.8 Å². The predicted octanol–water partition coefficient (Wildman–Crippen LogP) is 1.74. The fourth-order valence-electron chi connectivity index (χ4n) is 3.42. The molecular weight excluding hydrogens is 394 g/mol. The summed E-state index contributed by atoms with van der Waals surface area (Å²) in [6, 6.07) is 3.61. The first-order valence-corrected chi connectivity index (χ1v) is 9.86. The molecule has 154 valence electrons. The Hall–Kier alpha value is -4.13. The number of aryl methyl sites for hydroxylation is 1. The lowest BCUT2D eigenvalue weighted by Crippen LogP contribution is -2.16. The number of hydrogen-bond donors (Lipinski definition) is 2. The number of aromatic nitrogens is 7. The maximum absolute atomic E-state index is 12.3. The van der Waals surface area contributed by atoms with Gasteiger partial charge < -0.3 is 10.6 Å². The molecule has 4 aromatic heterocycles. The predicted molar refractivity (Wildman–Crippen MR) is 115 cm³/mol. The third-order valence-electron chi connectivity index (χ3n) is 5.39. The van der Waals surface area contributed by atoms with Crippen LogP contribution in [0.25, 0.3) is 21.9 Å². The molecular formula is C21H19N9O. The summed E-state index contributed by atoms with van der Waals surface area (Å²) in [5, 5.41) is 23.0. The van der Waals surface area contributed by atoms with Gasteiger partial charge in [0.2, 0.25) is 5.91 Å². The fraction of sp³-hybridized carbons (Fsp3) is 0.286. The average molecular weight is 413 g/mol. The molecule has 0 unspecified atom stereocenters. The summed E-state index contributed by atoms with van der Waals surface area (Å²) in [5.74, 6) is 7.60. The van der Waals surface area contributed by atoms with E-state index in [1.807, 2.05) is 13.1 Å². The Balaban J connectivity index is 1.54. The van der Waals surface area contributed by atoms with Crippen molar-refractivity contribution in [3.05, 3.63) is 35.8 Å². The molecule has 1 amide bonds. The number of fused-ring (bicyclic) bond motifs is 2. The van der Waals surface area contributed by atoms with Crippen LogP contribution in [-0.2, 0) is 11.8 Å². The number of anilines is 2. The first-order chi connectivity index (χ1) is 15.0. The lowest BCUT2D eigenvalue weighted by atomic mass is 10.1.